The fourth-order valence-corrected chi connectivity index (χ4v) is 9.21. The first kappa shape index (κ1) is 29.8. The van der Waals surface area contributed by atoms with Crippen molar-refractivity contribution in [1.29, 1.82) is 0 Å². The van der Waals surface area contributed by atoms with Crippen LogP contribution in [0.1, 0.15) is 25.0 Å². The van der Waals surface area contributed by atoms with Crippen LogP contribution in [0.3, 0.4) is 0 Å². The van der Waals surface area contributed by atoms with Crippen LogP contribution in [-0.2, 0) is 5.41 Å². The molecule has 2 aromatic heterocycles. The summed E-state index contributed by atoms with van der Waals surface area (Å²) in [4.78, 5) is 7.64. The number of anilines is 3. The second-order valence-corrected chi connectivity index (χ2v) is 15.1. The van der Waals surface area contributed by atoms with E-state index in [1.165, 1.54) is 75.5 Å². The van der Waals surface area contributed by atoms with E-state index in [2.05, 4.69) is 189 Å². The maximum absolute atomic E-state index is 5.28. The minimum Gasteiger partial charge on any atom is -0.294 e. The lowest BCUT2D eigenvalue weighted by Gasteiger charge is -2.29. The van der Waals surface area contributed by atoms with Gasteiger partial charge in [-0.05, 0) is 92.2 Å². The topological polar surface area (TPSA) is 16.1 Å². The Morgan fingerprint density at radius 2 is 1.12 bits per heavy atom. The smallest absolute Gasteiger partial charge is 0.138 e. The van der Waals surface area contributed by atoms with Crippen molar-refractivity contribution in [3.63, 3.8) is 0 Å². The molecule has 51 heavy (non-hydrogen) atoms. The average molecular weight is 671 g/mol. The molecule has 1 aliphatic rings. The van der Waals surface area contributed by atoms with Crippen molar-refractivity contribution in [2.24, 2.45) is 0 Å². The van der Waals surface area contributed by atoms with E-state index in [4.69, 9.17) is 4.98 Å². The third-order valence-electron chi connectivity index (χ3n) is 10.7. The molecule has 0 bridgehead atoms. The number of pyridine rings is 1. The Balaban J connectivity index is 1.23. The van der Waals surface area contributed by atoms with E-state index in [1.54, 1.807) is 0 Å². The number of thiophene rings is 1. The molecule has 0 aliphatic heterocycles. The van der Waals surface area contributed by atoms with Gasteiger partial charge in [0.05, 0.1) is 5.69 Å². The number of fused-ring (bicyclic) bond motifs is 7. The van der Waals surface area contributed by atoms with Crippen molar-refractivity contribution >= 4 is 59.5 Å². The van der Waals surface area contributed by atoms with Crippen molar-refractivity contribution in [2.45, 2.75) is 19.3 Å². The summed E-state index contributed by atoms with van der Waals surface area (Å²) < 4.78 is 2.51. The lowest BCUT2D eigenvalue weighted by atomic mass is 9.81. The summed E-state index contributed by atoms with van der Waals surface area (Å²) in [6, 6.07) is 59.6. The second kappa shape index (κ2) is 11.5. The fraction of sp³-hybridized carbons (Fsp3) is 0.0625. The minimum atomic E-state index is -0.117. The third-order valence-corrected chi connectivity index (χ3v) is 11.8. The Bertz CT molecular complexity index is 2760. The average Bonchev–Trinajstić information content (AvgIpc) is 3.64. The Hall–Kier alpha value is -6.03. The molecule has 0 atom stereocenters. The first-order valence-electron chi connectivity index (χ1n) is 17.5. The van der Waals surface area contributed by atoms with Gasteiger partial charge in [0.2, 0.25) is 0 Å². The highest BCUT2D eigenvalue weighted by atomic mass is 32.1. The quantitative estimate of drug-likeness (QED) is 0.181. The summed E-state index contributed by atoms with van der Waals surface area (Å²) >= 11 is 1.84. The zero-order valence-corrected chi connectivity index (χ0v) is 29.3. The number of rotatable bonds is 5. The Labute approximate surface area is 301 Å². The molecule has 10 rings (SSSR count). The first-order chi connectivity index (χ1) is 25.0. The van der Waals surface area contributed by atoms with Gasteiger partial charge in [0.25, 0.3) is 0 Å². The fourth-order valence-electron chi connectivity index (χ4n) is 8.07. The number of nitrogens with zero attached hydrogens (tertiary/aromatic N) is 2. The Morgan fingerprint density at radius 3 is 1.88 bits per heavy atom. The molecule has 3 heteroatoms. The van der Waals surface area contributed by atoms with Crippen LogP contribution in [0.25, 0.3) is 64.3 Å². The number of hydrogen-bond acceptors (Lipinski definition) is 3. The lowest BCUT2D eigenvalue weighted by molar-refractivity contribution is 0.660. The largest absolute Gasteiger partial charge is 0.294 e. The van der Waals surface area contributed by atoms with Gasteiger partial charge in [0, 0.05) is 43.0 Å². The molecule has 0 saturated heterocycles. The normalized spacial score (nSPS) is 13.1. The SMILES string of the molecule is CC1(C)c2ccccc2-c2cc(N(c3ccc(-c4ccccc4)cc3)c3cc4sc5cc6ccccc6cc5c4cn3)c(-c3ccccc3)cc21. The maximum atomic E-state index is 5.28. The molecule has 2 nitrogen and oxygen atoms in total. The van der Waals surface area contributed by atoms with Crippen molar-refractivity contribution in [3.05, 3.63) is 181 Å². The molecule has 0 unspecified atom stereocenters. The van der Waals surface area contributed by atoms with Crippen LogP contribution >= 0.6 is 11.3 Å². The zero-order valence-electron chi connectivity index (χ0n) is 28.5. The highest BCUT2D eigenvalue weighted by Crippen LogP contribution is 2.53. The first-order valence-corrected chi connectivity index (χ1v) is 18.4. The zero-order chi connectivity index (χ0) is 34.1. The van der Waals surface area contributed by atoms with Gasteiger partial charge in [-0.1, -0.05) is 135 Å². The summed E-state index contributed by atoms with van der Waals surface area (Å²) in [5, 5.41) is 4.96. The molecular weight excluding hydrogens is 637 g/mol. The summed E-state index contributed by atoms with van der Waals surface area (Å²) in [5.74, 6) is 0.897. The van der Waals surface area contributed by atoms with Gasteiger partial charge in [-0.15, -0.1) is 11.3 Å². The maximum Gasteiger partial charge on any atom is 0.138 e. The van der Waals surface area contributed by atoms with E-state index >= 15 is 0 Å². The van der Waals surface area contributed by atoms with E-state index in [0.29, 0.717) is 0 Å². The molecule has 0 N–H and O–H groups in total. The van der Waals surface area contributed by atoms with E-state index in [1.807, 2.05) is 11.3 Å². The molecular formula is C48H34N2S. The number of hydrogen-bond donors (Lipinski definition) is 0. The van der Waals surface area contributed by atoms with Crippen LogP contribution in [0.2, 0.25) is 0 Å². The molecule has 9 aromatic rings. The summed E-state index contributed by atoms with van der Waals surface area (Å²) in [6.45, 7) is 4.71. The standard InChI is InChI=1S/C48H34N2S/c1-48(2)42-20-12-11-19-37(42)39-28-44(38(27-43(39)48)33-15-7-4-8-16-33)50(36-23-21-32(22-24-36)31-13-5-3-6-14-31)47-29-46-41(30-49-47)40-25-34-17-9-10-18-35(34)26-45(40)51-46/h3-30H,1-2H3. The van der Waals surface area contributed by atoms with E-state index < -0.39 is 0 Å². The van der Waals surface area contributed by atoms with Gasteiger partial charge in [0.1, 0.15) is 5.82 Å². The predicted molar refractivity (Wildman–Crippen MR) is 218 cm³/mol. The van der Waals surface area contributed by atoms with Crippen LogP contribution in [0.5, 0.6) is 0 Å². The van der Waals surface area contributed by atoms with E-state index in [-0.39, 0.29) is 5.41 Å². The summed E-state index contributed by atoms with van der Waals surface area (Å²) in [6.07, 6.45) is 2.08. The highest BCUT2D eigenvalue weighted by Gasteiger charge is 2.37. The molecule has 0 saturated carbocycles. The van der Waals surface area contributed by atoms with Crippen LogP contribution in [0.4, 0.5) is 17.2 Å². The molecule has 2 heterocycles. The molecule has 0 fully saturated rings. The van der Waals surface area contributed by atoms with E-state index in [0.717, 1.165) is 17.2 Å². The van der Waals surface area contributed by atoms with Crippen LogP contribution in [0, 0.1) is 0 Å². The van der Waals surface area contributed by atoms with E-state index in [9.17, 15) is 0 Å². The summed E-state index contributed by atoms with van der Waals surface area (Å²) in [7, 11) is 0. The summed E-state index contributed by atoms with van der Waals surface area (Å²) in [5.41, 5.74) is 12.1. The van der Waals surface area contributed by atoms with Crippen molar-refractivity contribution in [3.8, 4) is 33.4 Å². The van der Waals surface area contributed by atoms with Gasteiger partial charge in [-0.3, -0.25) is 4.90 Å². The third kappa shape index (κ3) is 4.80. The van der Waals surface area contributed by atoms with Gasteiger partial charge in [0.15, 0.2) is 0 Å². The van der Waals surface area contributed by atoms with Crippen LogP contribution < -0.4 is 4.90 Å². The van der Waals surface area contributed by atoms with Gasteiger partial charge in [-0.25, -0.2) is 4.98 Å². The molecule has 0 spiro atoms. The lowest BCUT2D eigenvalue weighted by Crippen LogP contribution is -2.16. The number of aromatic nitrogens is 1. The van der Waals surface area contributed by atoms with Gasteiger partial charge in [-0.2, -0.15) is 0 Å². The molecule has 1 aliphatic carbocycles. The molecule has 0 amide bonds. The molecule has 0 radical (unpaired) electrons. The van der Waals surface area contributed by atoms with Crippen molar-refractivity contribution < 1.29 is 0 Å². The minimum absolute atomic E-state index is 0.117. The molecule has 242 valence electrons. The number of benzene rings is 7. The molecule has 7 aromatic carbocycles. The van der Waals surface area contributed by atoms with Crippen LogP contribution in [0.15, 0.2) is 170 Å². The van der Waals surface area contributed by atoms with Crippen molar-refractivity contribution in [2.75, 3.05) is 4.90 Å². The van der Waals surface area contributed by atoms with Crippen molar-refractivity contribution in [1.82, 2.24) is 4.98 Å². The second-order valence-electron chi connectivity index (χ2n) is 14.0. The van der Waals surface area contributed by atoms with Crippen LogP contribution in [-0.4, -0.2) is 4.98 Å². The Morgan fingerprint density at radius 1 is 0.490 bits per heavy atom. The monoisotopic (exact) mass is 670 g/mol. The highest BCUT2D eigenvalue weighted by molar-refractivity contribution is 7.25. The van der Waals surface area contributed by atoms with Gasteiger partial charge >= 0.3 is 0 Å². The predicted octanol–water partition coefficient (Wildman–Crippen LogP) is 13.7. The van der Waals surface area contributed by atoms with Gasteiger partial charge < -0.3 is 0 Å². The Kier molecular flexibility index (Phi) is 6.74.